The van der Waals surface area contributed by atoms with Crippen molar-refractivity contribution in [3.05, 3.63) is 60.2 Å². The lowest BCUT2D eigenvalue weighted by Crippen LogP contribution is -2.25. The zero-order chi connectivity index (χ0) is 22.5. The number of benzene rings is 2. The van der Waals surface area contributed by atoms with E-state index in [9.17, 15) is 4.79 Å². The van der Waals surface area contributed by atoms with E-state index in [1.165, 1.54) is 17.3 Å². The number of amides is 1. The van der Waals surface area contributed by atoms with Gasteiger partial charge in [0.1, 0.15) is 0 Å². The predicted molar refractivity (Wildman–Crippen MR) is 131 cm³/mol. The van der Waals surface area contributed by atoms with E-state index < -0.39 is 0 Å². The molecule has 0 radical (unpaired) electrons. The van der Waals surface area contributed by atoms with Crippen LogP contribution >= 0.6 is 11.8 Å². The van der Waals surface area contributed by atoms with Gasteiger partial charge < -0.3 is 9.88 Å². The summed E-state index contributed by atoms with van der Waals surface area (Å²) in [7, 11) is 0. The fourth-order valence-electron chi connectivity index (χ4n) is 3.56. The zero-order valence-corrected chi connectivity index (χ0v) is 19.4. The Morgan fingerprint density at radius 3 is 2.59 bits per heavy atom. The quantitative estimate of drug-likeness (QED) is 0.382. The van der Waals surface area contributed by atoms with Gasteiger partial charge in [-0.1, -0.05) is 66.7 Å². The standard InChI is InChI=1S/C25H27N5OS/c1-4-14-26-23(31)16-32-25-29-28-24(30(25)5-2)20-15-22(18-12-10-17(3)11-13-18)27-21-9-7-6-8-19(20)21/h6-13,15H,4-5,14,16H2,1-3H3,(H,26,31). The molecule has 2 aromatic heterocycles. The van der Waals surface area contributed by atoms with E-state index in [-0.39, 0.29) is 5.91 Å². The molecule has 0 spiro atoms. The van der Waals surface area contributed by atoms with Crippen molar-refractivity contribution in [3.63, 3.8) is 0 Å². The minimum Gasteiger partial charge on any atom is -0.355 e. The minimum absolute atomic E-state index is 0.0140. The average Bonchev–Trinajstić information content (AvgIpc) is 3.23. The van der Waals surface area contributed by atoms with Crippen molar-refractivity contribution in [2.45, 2.75) is 38.9 Å². The van der Waals surface area contributed by atoms with Crippen LogP contribution in [0.25, 0.3) is 33.5 Å². The van der Waals surface area contributed by atoms with Crippen molar-refractivity contribution in [2.24, 2.45) is 0 Å². The van der Waals surface area contributed by atoms with Crippen molar-refractivity contribution in [1.82, 2.24) is 25.1 Å². The lowest BCUT2D eigenvalue weighted by atomic mass is 10.0. The molecule has 7 heteroatoms. The Bertz CT molecular complexity index is 1230. The van der Waals surface area contributed by atoms with Gasteiger partial charge >= 0.3 is 0 Å². The maximum Gasteiger partial charge on any atom is 0.230 e. The predicted octanol–water partition coefficient (Wildman–Crippen LogP) is 5.11. The Hall–Kier alpha value is -3.19. The second-order valence-electron chi connectivity index (χ2n) is 7.63. The van der Waals surface area contributed by atoms with Crippen molar-refractivity contribution >= 4 is 28.6 Å². The van der Waals surface area contributed by atoms with E-state index in [0.717, 1.165) is 45.1 Å². The fraction of sp³-hybridized carbons (Fsp3) is 0.280. The number of thioether (sulfide) groups is 1. The fourth-order valence-corrected chi connectivity index (χ4v) is 4.39. The van der Waals surface area contributed by atoms with Gasteiger partial charge in [0.05, 0.1) is 17.0 Å². The van der Waals surface area contributed by atoms with Gasteiger partial charge in [-0.15, -0.1) is 10.2 Å². The summed E-state index contributed by atoms with van der Waals surface area (Å²) in [6.45, 7) is 7.58. The molecule has 4 aromatic rings. The largest absolute Gasteiger partial charge is 0.355 e. The van der Waals surface area contributed by atoms with Crippen molar-refractivity contribution in [3.8, 4) is 22.6 Å². The van der Waals surface area contributed by atoms with E-state index in [4.69, 9.17) is 4.98 Å². The molecule has 4 rings (SSSR count). The Balaban J connectivity index is 1.75. The van der Waals surface area contributed by atoms with E-state index in [1.54, 1.807) is 0 Å². The van der Waals surface area contributed by atoms with Crippen molar-refractivity contribution in [1.29, 1.82) is 0 Å². The Kier molecular flexibility index (Phi) is 6.85. The molecule has 164 valence electrons. The molecule has 0 saturated carbocycles. The molecule has 2 aromatic carbocycles. The number of aryl methyl sites for hydroxylation is 1. The molecule has 0 atom stereocenters. The third-order valence-electron chi connectivity index (χ3n) is 5.24. The number of pyridine rings is 1. The number of carbonyl (C=O) groups is 1. The number of carbonyl (C=O) groups excluding carboxylic acids is 1. The first-order chi connectivity index (χ1) is 15.6. The Morgan fingerprint density at radius 1 is 1.06 bits per heavy atom. The molecule has 0 aliphatic rings. The van der Waals surface area contributed by atoms with E-state index >= 15 is 0 Å². The molecule has 32 heavy (non-hydrogen) atoms. The highest BCUT2D eigenvalue weighted by Crippen LogP contribution is 2.33. The van der Waals surface area contributed by atoms with Crippen LogP contribution in [0.5, 0.6) is 0 Å². The lowest BCUT2D eigenvalue weighted by molar-refractivity contribution is -0.118. The number of nitrogens with zero attached hydrogens (tertiary/aromatic N) is 4. The molecular formula is C25H27N5OS. The Labute approximate surface area is 192 Å². The van der Waals surface area contributed by atoms with Crippen molar-refractivity contribution in [2.75, 3.05) is 12.3 Å². The van der Waals surface area contributed by atoms with E-state index in [0.29, 0.717) is 18.8 Å². The summed E-state index contributed by atoms with van der Waals surface area (Å²) >= 11 is 1.41. The molecular weight excluding hydrogens is 418 g/mol. The van der Waals surface area contributed by atoms with Gasteiger partial charge in [-0.2, -0.15) is 0 Å². The number of hydrogen-bond acceptors (Lipinski definition) is 5. The van der Waals surface area contributed by atoms with Crippen LogP contribution in [0.1, 0.15) is 25.8 Å². The minimum atomic E-state index is 0.0140. The first-order valence-corrected chi connectivity index (χ1v) is 11.9. The third kappa shape index (κ3) is 4.67. The third-order valence-corrected chi connectivity index (χ3v) is 6.21. The SMILES string of the molecule is CCCNC(=O)CSc1nnc(-c2cc(-c3ccc(C)cc3)nc3ccccc23)n1CC. The zero-order valence-electron chi connectivity index (χ0n) is 18.6. The molecule has 0 aliphatic heterocycles. The maximum absolute atomic E-state index is 12.1. The van der Waals surface area contributed by atoms with Gasteiger partial charge in [0.25, 0.3) is 0 Å². The second kappa shape index (κ2) is 9.96. The highest BCUT2D eigenvalue weighted by atomic mass is 32.2. The summed E-state index contributed by atoms with van der Waals surface area (Å²) in [5, 5.41) is 13.6. The molecule has 1 amide bonds. The van der Waals surface area contributed by atoms with Gasteiger partial charge in [-0.05, 0) is 32.4 Å². The van der Waals surface area contributed by atoms with Crippen molar-refractivity contribution < 1.29 is 4.79 Å². The van der Waals surface area contributed by atoms with Crippen LogP contribution in [0.15, 0.2) is 59.8 Å². The molecule has 0 saturated heterocycles. The van der Waals surface area contributed by atoms with Crippen LogP contribution in [0, 0.1) is 6.92 Å². The van der Waals surface area contributed by atoms with Crippen LogP contribution in [0.3, 0.4) is 0 Å². The van der Waals surface area contributed by atoms with Crippen LogP contribution in [0.4, 0.5) is 0 Å². The number of aromatic nitrogens is 4. The Morgan fingerprint density at radius 2 is 1.84 bits per heavy atom. The summed E-state index contributed by atoms with van der Waals surface area (Å²) in [6, 6.07) is 18.6. The topological polar surface area (TPSA) is 72.7 Å². The van der Waals surface area contributed by atoms with E-state index in [1.807, 2.05) is 25.1 Å². The van der Waals surface area contributed by atoms with Gasteiger partial charge in [0, 0.05) is 29.6 Å². The highest BCUT2D eigenvalue weighted by Gasteiger charge is 2.18. The van der Waals surface area contributed by atoms with Gasteiger partial charge in [-0.3, -0.25) is 4.79 Å². The molecule has 2 heterocycles. The monoisotopic (exact) mass is 445 g/mol. The van der Waals surface area contributed by atoms with Gasteiger partial charge in [-0.25, -0.2) is 4.98 Å². The first kappa shape index (κ1) is 22.0. The summed E-state index contributed by atoms with van der Waals surface area (Å²) in [5.74, 6) is 1.13. The molecule has 0 unspecified atom stereocenters. The normalized spacial score (nSPS) is 11.1. The number of rotatable bonds is 8. The summed E-state index contributed by atoms with van der Waals surface area (Å²) in [4.78, 5) is 17.0. The number of nitrogens with one attached hydrogen (secondary N) is 1. The number of para-hydroxylation sites is 1. The van der Waals surface area contributed by atoms with Crippen LogP contribution < -0.4 is 5.32 Å². The lowest BCUT2D eigenvalue weighted by Gasteiger charge is -2.12. The molecule has 6 nitrogen and oxygen atoms in total. The maximum atomic E-state index is 12.1. The molecule has 1 N–H and O–H groups in total. The summed E-state index contributed by atoms with van der Waals surface area (Å²) in [6.07, 6.45) is 0.921. The van der Waals surface area contributed by atoms with E-state index in [2.05, 4.69) is 70.3 Å². The van der Waals surface area contributed by atoms with Crippen LogP contribution in [-0.2, 0) is 11.3 Å². The highest BCUT2D eigenvalue weighted by molar-refractivity contribution is 7.99. The van der Waals surface area contributed by atoms with Crippen LogP contribution in [-0.4, -0.2) is 38.0 Å². The summed E-state index contributed by atoms with van der Waals surface area (Å²) in [5.41, 5.74) is 5.08. The van der Waals surface area contributed by atoms with Gasteiger partial charge in [0.2, 0.25) is 5.91 Å². The molecule has 0 aliphatic carbocycles. The van der Waals surface area contributed by atoms with Gasteiger partial charge in [0.15, 0.2) is 11.0 Å². The van der Waals surface area contributed by atoms with Crippen LogP contribution in [0.2, 0.25) is 0 Å². The number of hydrogen-bond donors (Lipinski definition) is 1. The first-order valence-electron chi connectivity index (χ1n) is 10.9. The number of fused-ring (bicyclic) bond motifs is 1. The molecule has 0 bridgehead atoms. The summed E-state index contributed by atoms with van der Waals surface area (Å²) < 4.78 is 2.07. The second-order valence-corrected chi connectivity index (χ2v) is 8.57. The smallest absolute Gasteiger partial charge is 0.230 e. The molecule has 0 fully saturated rings. The average molecular weight is 446 g/mol.